The second-order valence-corrected chi connectivity index (χ2v) is 10.7. The third kappa shape index (κ3) is 6.05. The number of carbonyl (C=O) groups is 3. The molecule has 4 aromatic rings. The molecule has 2 N–H and O–H groups in total. The first kappa shape index (κ1) is 28.6. The van der Waals surface area contributed by atoms with Crippen LogP contribution < -0.4 is 5.32 Å². The molecule has 8 nitrogen and oxygen atoms in total. The van der Waals surface area contributed by atoms with Crippen LogP contribution in [0.2, 0.25) is 0 Å². The number of benzene rings is 3. The first-order valence-electron chi connectivity index (χ1n) is 13.7. The van der Waals surface area contributed by atoms with E-state index in [1.807, 2.05) is 62.4 Å². The number of nitrogens with zero attached hydrogens (tertiary/aromatic N) is 1. The van der Waals surface area contributed by atoms with Gasteiger partial charge in [-0.2, -0.15) is 0 Å². The highest BCUT2D eigenvalue weighted by atomic mass is 19.1. The van der Waals surface area contributed by atoms with Crippen molar-refractivity contribution >= 4 is 40.0 Å². The molecule has 42 heavy (non-hydrogen) atoms. The smallest absolute Gasteiger partial charge is 0.341 e. The zero-order valence-corrected chi connectivity index (χ0v) is 23.7. The molecule has 1 aliphatic heterocycles. The summed E-state index contributed by atoms with van der Waals surface area (Å²) in [5, 5.41) is 3.97. The number of H-pyrrole nitrogens is 1. The first-order chi connectivity index (χ1) is 20.2. The molecule has 0 spiro atoms. The molecule has 216 valence electrons. The molecule has 0 unspecified atom stereocenters. The Morgan fingerprint density at radius 3 is 2.45 bits per heavy atom. The minimum Gasteiger partial charge on any atom is -0.462 e. The molecule has 1 amide bonds. The molecule has 9 heteroatoms. The standard InChI is InChI=1S/C33H32FN3O5/c1-4-41-32(40)26-18-37(31(39)22-10-12-23(34)13-11-22)20-33(2,3)29-25-16-24(14-15-27(25)36-30(26)29)35-17-28(38)42-19-21-8-6-5-7-9-21/h5-16,18,35-36H,4,17,19-20H2,1-3H3. The Bertz CT molecular complexity index is 1660. The van der Waals surface area contributed by atoms with Crippen molar-refractivity contribution in [1.29, 1.82) is 0 Å². The van der Waals surface area contributed by atoms with E-state index >= 15 is 0 Å². The van der Waals surface area contributed by atoms with Crippen LogP contribution in [0.4, 0.5) is 10.1 Å². The van der Waals surface area contributed by atoms with Crippen LogP contribution in [0.3, 0.4) is 0 Å². The summed E-state index contributed by atoms with van der Waals surface area (Å²) >= 11 is 0. The number of esters is 2. The fourth-order valence-electron chi connectivity index (χ4n) is 5.19. The SMILES string of the molecule is CCOC(=O)C1=CN(C(=O)c2ccc(F)cc2)CC(C)(C)c2c1[nH]c1ccc(NCC(=O)OCc3ccccc3)cc21. The molecular weight excluding hydrogens is 537 g/mol. The van der Waals surface area contributed by atoms with Gasteiger partial charge in [0.1, 0.15) is 19.0 Å². The number of amides is 1. The van der Waals surface area contributed by atoms with Gasteiger partial charge >= 0.3 is 11.9 Å². The molecule has 1 aromatic heterocycles. The van der Waals surface area contributed by atoms with Crippen LogP contribution in [0.15, 0.2) is 79.0 Å². The Morgan fingerprint density at radius 2 is 1.74 bits per heavy atom. The summed E-state index contributed by atoms with van der Waals surface area (Å²) in [7, 11) is 0. The Kier molecular flexibility index (Phi) is 8.10. The maximum atomic E-state index is 13.5. The lowest BCUT2D eigenvalue weighted by molar-refractivity contribution is -0.142. The Balaban J connectivity index is 1.45. The van der Waals surface area contributed by atoms with E-state index in [1.165, 1.54) is 35.4 Å². The van der Waals surface area contributed by atoms with Crippen molar-refractivity contribution in [3.05, 3.63) is 107 Å². The average Bonchev–Trinajstić information content (AvgIpc) is 3.32. The number of rotatable bonds is 8. The van der Waals surface area contributed by atoms with Gasteiger partial charge in [0.25, 0.3) is 5.91 Å². The summed E-state index contributed by atoms with van der Waals surface area (Å²) in [6.07, 6.45) is 1.51. The fourth-order valence-corrected chi connectivity index (χ4v) is 5.19. The van der Waals surface area contributed by atoms with E-state index in [4.69, 9.17) is 9.47 Å². The molecule has 3 aromatic carbocycles. The van der Waals surface area contributed by atoms with Crippen LogP contribution in [0.5, 0.6) is 0 Å². The van der Waals surface area contributed by atoms with Gasteiger partial charge < -0.3 is 24.7 Å². The number of aromatic amines is 1. The largest absolute Gasteiger partial charge is 0.462 e. The lowest BCUT2D eigenvalue weighted by atomic mass is 9.81. The normalized spacial score (nSPS) is 14.0. The van der Waals surface area contributed by atoms with Crippen LogP contribution in [0.1, 0.15) is 48.0 Å². The lowest BCUT2D eigenvalue weighted by Gasteiger charge is -2.29. The van der Waals surface area contributed by atoms with E-state index in [0.717, 1.165) is 22.0 Å². The molecule has 2 heterocycles. The molecule has 5 rings (SSSR count). The topological polar surface area (TPSA) is 101 Å². The fraction of sp³-hybridized carbons (Fsp3) is 0.242. The number of aromatic nitrogens is 1. The molecule has 0 radical (unpaired) electrons. The summed E-state index contributed by atoms with van der Waals surface area (Å²) in [6, 6.07) is 20.4. The summed E-state index contributed by atoms with van der Waals surface area (Å²) in [6.45, 7) is 6.28. The molecule has 1 aliphatic rings. The summed E-state index contributed by atoms with van der Waals surface area (Å²) in [5.41, 5.74) is 3.67. The maximum absolute atomic E-state index is 13.5. The van der Waals surface area contributed by atoms with Crippen LogP contribution in [0.25, 0.3) is 16.5 Å². The highest BCUT2D eigenvalue weighted by Crippen LogP contribution is 2.41. The van der Waals surface area contributed by atoms with Gasteiger partial charge in [-0.25, -0.2) is 9.18 Å². The highest BCUT2D eigenvalue weighted by molar-refractivity contribution is 6.18. The number of anilines is 1. The third-order valence-corrected chi connectivity index (χ3v) is 7.12. The van der Waals surface area contributed by atoms with Gasteiger partial charge in [-0.1, -0.05) is 44.2 Å². The molecular formula is C33H32FN3O5. The number of ether oxygens (including phenoxy) is 2. The Morgan fingerprint density at radius 1 is 1.00 bits per heavy atom. The van der Waals surface area contributed by atoms with Gasteiger partial charge in [-0.3, -0.25) is 9.59 Å². The van der Waals surface area contributed by atoms with Gasteiger partial charge in [0.2, 0.25) is 0 Å². The number of hydrogen-bond donors (Lipinski definition) is 2. The lowest BCUT2D eigenvalue weighted by Crippen LogP contribution is -2.37. The predicted molar refractivity (Wildman–Crippen MR) is 158 cm³/mol. The van der Waals surface area contributed by atoms with Crippen molar-refractivity contribution in [2.24, 2.45) is 0 Å². The van der Waals surface area contributed by atoms with Gasteiger partial charge in [0.15, 0.2) is 0 Å². The van der Waals surface area contributed by atoms with Gasteiger partial charge in [0, 0.05) is 40.3 Å². The Hall–Kier alpha value is -4.92. The highest BCUT2D eigenvalue weighted by Gasteiger charge is 2.37. The minimum atomic E-state index is -0.624. The van der Waals surface area contributed by atoms with Crippen LogP contribution in [-0.2, 0) is 31.1 Å². The van der Waals surface area contributed by atoms with Crippen molar-refractivity contribution in [2.45, 2.75) is 32.8 Å². The molecule has 0 atom stereocenters. The van der Waals surface area contributed by atoms with E-state index in [-0.39, 0.29) is 37.8 Å². The van der Waals surface area contributed by atoms with E-state index < -0.39 is 23.2 Å². The Labute approximate surface area is 243 Å². The summed E-state index contributed by atoms with van der Waals surface area (Å²) < 4.78 is 24.3. The van der Waals surface area contributed by atoms with E-state index in [9.17, 15) is 18.8 Å². The zero-order valence-electron chi connectivity index (χ0n) is 23.7. The van der Waals surface area contributed by atoms with E-state index in [1.54, 1.807) is 6.92 Å². The van der Waals surface area contributed by atoms with Crippen molar-refractivity contribution < 1.29 is 28.2 Å². The third-order valence-electron chi connectivity index (χ3n) is 7.12. The number of carbonyl (C=O) groups excluding carboxylic acids is 3. The summed E-state index contributed by atoms with van der Waals surface area (Å²) in [5.74, 6) is -1.77. The number of fused-ring (bicyclic) bond motifs is 3. The maximum Gasteiger partial charge on any atom is 0.341 e. The predicted octanol–water partition coefficient (Wildman–Crippen LogP) is 5.80. The summed E-state index contributed by atoms with van der Waals surface area (Å²) in [4.78, 5) is 43.9. The van der Waals surface area contributed by atoms with Crippen molar-refractivity contribution in [2.75, 3.05) is 25.0 Å². The van der Waals surface area contributed by atoms with Gasteiger partial charge in [0.05, 0.1) is 17.9 Å². The molecule has 0 saturated carbocycles. The minimum absolute atomic E-state index is 0.0255. The second-order valence-electron chi connectivity index (χ2n) is 10.7. The van der Waals surface area contributed by atoms with Crippen molar-refractivity contribution in [3.8, 4) is 0 Å². The quantitative estimate of drug-likeness (QED) is 0.260. The van der Waals surface area contributed by atoms with Gasteiger partial charge in [-0.15, -0.1) is 0 Å². The molecule has 0 bridgehead atoms. The average molecular weight is 570 g/mol. The number of halogens is 1. The first-order valence-corrected chi connectivity index (χ1v) is 13.7. The molecule has 0 saturated heterocycles. The van der Waals surface area contributed by atoms with Crippen LogP contribution >= 0.6 is 0 Å². The van der Waals surface area contributed by atoms with Gasteiger partial charge in [-0.05, 0) is 60.5 Å². The van der Waals surface area contributed by atoms with Crippen molar-refractivity contribution in [1.82, 2.24) is 9.88 Å². The number of hydrogen-bond acceptors (Lipinski definition) is 6. The second kappa shape index (κ2) is 11.9. The van der Waals surface area contributed by atoms with Crippen LogP contribution in [0, 0.1) is 5.82 Å². The molecule has 0 aliphatic carbocycles. The van der Waals surface area contributed by atoms with Crippen molar-refractivity contribution in [3.63, 3.8) is 0 Å². The monoisotopic (exact) mass is 569 g/mol. The number of nitrogens with one attached hydrogen (secondary N) is 2. The van der Waals surface area contributed by atoms with E-state index in [2.05, 4.69) is 10.3 Å². The van der Waals surface area contributed by atoms with Crippen LogP contribution in [-0.4, -0.2) is 47.4 Å². The molecule has 0 fully saturated rings. The zero-order chi connectivity index (χ0) is 29.9. The van der Waals surface area contributed by atoms with E-state index in [0.29, 0.717) is 16.9 Å².